The second kappa shape index (κ2) is 4.78. The summed E-state index contributed by atoms with van der Waals surface area (Å²) in [7, 11) is 3.87. The Bertz CT molecular complexity index is 148. The van der Waals surface area contributed by atoms with Gasteiger partial charge in [0.2, 0.25) is 0 Å². The molecule has 1 aliphatic rings. The van der Waals surface area contributed by atoms with E-state index in [4.69, 9.17) is 5.26 Å². The van der Waals surface area contributed by atoms with Crippen molar-refractivity contribution in [1.82, 2.24) is 10.2 Å². The van der Waals surface area contributed by atoms with E-state index < -0.39 is 0 Å². The molecule has 1 rings (SSSR count). The van der Waals surface area contributed by atoms with Crippen LogP contribution in [0.15, 0.2) is 0 Å². The number of nitriles is 1. The Balaban J connectivity index is 0. The molecule has 0 aromatic heterocycles. The van der Waals surface area contributed by atoms with Gasteiger partial charge in [-0.05, 0) is 14.1 Å². The van der Waals surface area contributed by atoms with Crippen LogP contribution in [0.5, 0.6) is 0 Å². The zero-order valence-corrected chi connectivity index (χ0v) is 8.26. The van der Waals surface area contributed by atoms with Gasteiger partial charge < -0.3 is 5.32 Å². The summed E-state index contributed by atoms with van der Waals surface area (Å²) in [6, 6.07) is 2.28. The van der Waals surface area contributed by atoms with Gasteiger partial charge in [-0.25, -0.2) is 0 Å². The Morgan fingerprint density at radius 3 is 1.82 bits per heavy atom. The summed E-state index contributed by atoms with van der Waals surface area (Å²) in [6.07, 6.45) is 0. The first-order valence-corrected chi connectivity index (χ1v) is 3.01. The molecule has 1 N–H and O–H groups in total. The molecular weight excluding hydrogens is 185 g/mol. The molecule has 1 aliphatic heterocycles. The van der Waals surface area contributed by atoms with E-state index in [0.717, 1.165) is 13.1 Å². The maximum absolute atomic E-state index is 8.68. The van der Waals surface area contributed by atoms with Crippen molar-refractivity contribution in [3.8, 4) is 6.07 Å². The van der Waals surface area contributed by atoms with E-state index in [1.54, 1.807) is 0 Å². The monoisotopic (exact) mass is 197 g/mol. The SMILES string of the molecule is CN(C)C1(C#N)CNC1.Cl.Cl. The lowest BCUT2D eigenvalue weighted by Crippen LogP contribution is -2.66. The fraction of sp³-hybridized carbons (Fsp3) is 0.833. The van der Waals surface area contributed by atoms with E-state index in [1.165, 1.54) is 0 Å². The van der Waals surface area contributed by atoms with Crippen LogP contribution < -0.4 is 5.32 Å². The maximum Gasteiger partial charge on any atom is 0.133 e. The van der Waals surface area contributed by atoms with Crippen LogP contribution in [0, 0.1) is 11.3 Å². The zero-order chi connectivity index (χ0) is 6.91. The van der Waals surface area contributed by atoms with Crippen molar-refractivity contribution in [2.75, 3.05) is 27.2 Å². The third kappa shape index (κ3) is 2.21. The fourth-order valence-corrected chi connectivity index (χ4v) is 0.857. The number of halogens is 2. The standard InChI is InChI=1S/C6H11N3.2ClH/c1-9(2)6(3-7)4-8-5-6;;/h8H,4-5H2,1-2H3;2*1H. The normalized spacial score (nSPS) is 18.7. The Hall–Kier alpha value is -0.0100. The summed E-state index contributed by atoms with van der Waals surface area (Å²) in [4.78, 5) is 1.96. The molecule has 1 fully saturated rings. The molecule has 0 aromatic carbocycles. The molecule has 66 valence electrons. The van der Waals surface area contributed by atoms with Gasteiger partial charge in [-0.2, -0.15) is 5.26 Å². The molecule has 0 bridgehead atoms. The molecule has 1 saturated heterocycles. The highest BCUT2D eigenvalue weighted by Gasteiger charge is 2.39. The van der Waals surface area contributed by atoms with Gasteiger partial charge in [0.25, 0.3) is 0 Å². The number of nitrogens with one attached hydrogen (secondary N) is 1. The average Bonchev–Trinajstić information content (AvgIpc) is 1.62. The maximum atomic E-state index is 8.68. The van der Waals surface area contributed by atoms with Crippen molar-refractivity contribution in [2.24, 2.45) is 0 Å². The summed E-state index contributed by atoms with van der Waals surface area (Å²) >= 11 is 0. The summed E-state index contributed by atoms with van der Waals surface area (Å²) in [6.45, 7) is 1.60. The Kier molecular flexibility index (Phi) is 5.90. The minimum Gasteiger partial charge on any atom is -0.311 e. The molecule has 3 nitrogen and oxygen atoms in total. The van der Waals surface area contributed by atoms with Crippen LogP contribution in [0.2, 0.25) is 0 Å². The second-order valence-electron chi connectivity index (χ2n) is 2.64. The molecule has 0 spiro atoms. The van der Waals surface area contributed by atoms with Crippen LogP contribution in [-0.4, -0.2) is 37.6 Å². The highest BCUT2D eigenvalue weighted by Crippen LogP contribution is 2.14. The summed E-state index contributed by atoms with van der Waals surface area (Å²) < 4.78 is 0. The van der Waals surface area contributed by atoms with Crippen LogP contribution in [-0.2, 0) is 0 Å². The van der Waals surface area contributed by atoms with Crippen molar-refractivity contribution in [3.05, 3.63) is 0 Å². The second-order valence-corrected chi connectivity index (χ2v) is 2.64. The third-order valence-electron chi connectivity index (χ3n) is 1.90. The predicted molar refractivity (Wildman–Crippen MR) is 49.4 cm³/mol. The number of likely N-dealkylation sites (N-methyl/N-ethyl adjacent to an activating group) is 1. The summed E-state index contributed by atoms with van der Waals surface area (Å²) in [5.74, 6) is 0. The highest BCUT2D eigenvalue weighted by molar-refractivity contribution is 5.85. The van der Waals surface area contributed by atoms with Crippen LogP contribution in [0.1, 0.15) is 0 Å². The molecule has 0 aromatic rings. The molecule has 0 unspecified atom stereocenters. The minimum atomic E-state index is -0.208. The summed E-state index contributed by atoms with van der Waals surface area (Å²) in [5.41, 5.74) is -0.208. The Morgan fingerprint density at radius 1 is 1.36 bits per heavy atom. The van der Waals surface area contributed by atoms with Gasteiger partial charge in [0, 0.05) is 13.1 Å². The van der Waals surface area contributed by atoms with Gasteiger partial charge in [0.1, 0.15) is 5.54 Å². The molecule has 0 radical (unpaired) electrons. The first-order valence-electron chi connectivity index (χ1n) is 3.01. The first kappa shape index (κ1) is 13.6. The zero-order valence-electron chi connectivity index (χ0n) is 6.63. The first-order chi connectivity index (χ1) is 4.21. The van der Waals surface area contributed by atoms with Gasteiger partial charge in [0.15, 0.2) is 0 Å². The van der Waals surface area contributed by atoms with Crippen LogP contribution in [0.25, 0.3) is 0 Å². The number of rotatable bonds is 1. The Labute approximate surface area is 79.6 Å². The number of hydrogen-bond acceptors (Lipinski definition) is 3. The molecule has 1 heterocycles. The Morgan fingerprint density at radius 2 is 1.82 bits per heavy atom. The van der Waals surface area contributed by atoms with Crippen LogP contribution in [0.4, 0.5) is 0 Å². The molecule has 0 aliphatic carbocycles. The molecular formula is C6H13Cl2N3. The van der Waals surface area contributed by atoms with E-state index >= 15 is 0 Å². The van der Waals surface area contributed by atoms with Crippen molar-refractivity contribution in [3.63, 3.8) is 0 Å². The van der Waals surface area contributed by atoms with E-state index in [2.05, 4.69) is 11.4 Å². The fourth-order valence-electron chi connectivity index (χ4n) is 0.857. The summed E-state index contributed by atoms with van der Waals surface area (Å²) in [5, 5.41) is 11.7. The third-order valence-corrected chi connectivity index (χ3v) is 1.90. The van der Waals surface area contributed by atoms with Crippen molar-refractivity contribution >= 4 is 24.8 Å². The van der Waals surface area contributed by atoms with Crippen LogP contribution >= 0.6 is 24.8 Å². The van der Waals surface area contributed by atoms with Crippen molar-refractivity contribution < 1.29 is 0 Å². The van der Waals surface area contributed by atoms with Crippen LogP contribution in [0.3, 0.4) is 0 Å². The number of nitrogens with zero attached hydrogens (tertiary/aromatic N) is 2. The van der Waals surface area contributed by atoms with Gasteiger partial charge in [-0.1, -0.05) is 0 Å². The lowest BCUT2D eigenvalue weighted by atomic mass is 9.93. The van der Waals surface area contributed by atoms with Gasteiger partial charge in [0.05, 0.1) is 6.07 Å². The molecule has 0 amide bonds. The van der Waals surface area contributed by atoms with Gasteiger partial charge >= 0.3 is 0 Å². The van der Waals surface area contributed by atoms with Gasteiger partial charge in [-0.3, -0.25) is 4.90 Å². The van der Waals surface area contributed by atoms with E-state index in [9.17, 15) is 0 Å². The van der Waals surface area contributed by atoms with Gasteiger partial charge in [-0.15, -0.1) is 24.8 Å². The van der Waals surface area contributed by atoms with Crippen molar-refractivity contribution in [1.29, 1.82) is 5.26 Å². The lowest BCUT2D eigenvalue weighted by molar-refractivity contribution is 0.144. The van der Waals surface area contributed by atoms with E-state index in [1.807, 2.05) is 19.0 Å². The van der Waals surface area contributed by atoms with Crippen molar-refractivity contribution in [2.45, 2.75) is 5.54 Å². The molecule has 11 heavy (non-hydrogen) atoms. The lowest BCUT2D eigenvalue weighted by Gasteiger charge is -2.41. The predicted octanol–water partition coefficient (Wildman–Crippen LogP) is 0.257. The smallest absolute Gasteiger partial charge is 0.133 e. The van der Waals surface area contributed by atoms with E-state index in [-0.39, 0.29) is 30.4 Å². The molecule has 0 saturated carbocycles. The molecule has 0 atom stereocenters. The average molecular weight is 198 g/mol. The number of hydrogen-bond donors (Lipinski definition) is 1. The van der Waals surface area contributed by atoms with E-state index in [0.29, 0.717) is 0 Å². The quantitative estimate of drug-likeness (QED) is 0.656. The molecule has 5 heteroatoms. The largest absolute Gasteiger partial charge is 0.311 e. The topological polar surface area (TPSA) is 39.1 Å². The minimum absolute atomic E-state index is 0. The highest BCUT2D eigenvalue weighted by atomic mass is 35.5.